The van der Waals surface area contributed by atoms with E-state index in [0.717, 1.165) is 32.4 Å². The van der Waals surface area contributed by atoms with Crippen molar-refractivity contribution >= 4 is 0 Å². The van der Waals surface area contributed by atoms with Crippen LogP contribution in [0.25, 0.3) is 0 Å². The number of aliphatic hydroxyl groups excluding tert-OH is 1. The minimum Gasteiger partial charge on any atom is -0.391 e. The molecule has 0 amide bonds. The van der Waals surface area contributed by atoms with Crippen molar-refractivity contribution in [2.24, 2.45) is 5.92 Å². The number of rotatable bonds is 10. The molecule has 0 fully saturated rings. The Balaban J connectivity index is 4.85. The lowest BCUT2D eigenvalue weighted by atomic mass is 9.80. The molecule has 18 heavy (non-hydrogen) atoms. The van der Waals surface area contributed by atoms with Gasteiger partial charge in [-0.25, -0.2) is 0 Å². The first-order chi connectivity index (χ1) is 8.52. The van der Waals surface area contributed by atoms with Gasteiger partial charge in [0.1, 0.15) is 0 Å². The number of aliphatic hydroxyl groups is 1. The molecule has 0 spiro atoms. The molecule has 0 rings (SSSR count). The van der Waals surface area contributed by atoms with Gasteiger partial charge in [-0.05, 0) is 38.3 Å². The molecule has 0 aromatic rings. The summed E-state index contributed by atoms with van der Waals surface area (Å²) < 4.78 is 0. The van der Waals surface area contributed by atoms with Gasteiger partial charge in [0.05, 0.1) is 6.10 Å². The van der Waals surface area contributed by atoms with Gasteiger partial charge in [-0.3, -0.25) is 4.90 Å². The van der Waals surface area contributed by atoms with Crippen molar-refractivity contribution in [2.45, 2.75) is 85.3 Å². The quantitative estimate of drug-likeness (QED) is 0.637. The Bertz CT molecular complexity index is 197. The van der Waals surface area contributed by atoms with Crippen molar-refractivity contribution in [3.63, 3.8) is 0 Å². The van der Waals surface area contributed by atoms with Crippen LogP contribution in [-0.4, -0.2) is 34.7 Å². The molecule has 0 aliphatic carbocycles. The fourth-order valence-electron chi connectivity index (χ4n) is 3.44. The SMILES string of the molecule is CCCC(C)CC(O)C(CC)(CC)N(CC)CC. The fourth-order valence-corrected chi connectivity index (χ4v) is 3.44. The van der Waals surface area contributed by atoms with E-state index >= 15 is 0 Å². The largest absolute Gasteiger partial charge is 0.391 e. The number of hydrogen-bond donors (Lipinski definition) is 1. The van der Waals surface area contributed by atoms with Crippen molar-refractivity contribution in [3.8, 4) is 0 Å². The predicted octanol–water partition coefficient (Wildman–Crippen LogP) is 4.07. The van der Waals surface area contributed by atoms with Gasteiger partial charge in [0.15, 0.2) is 0 Å². The molecule has 0 heterocycles. The molecule has 0 aromatic carbocycles. The van der Waals surface area contributed by atoms with Crippen molar-refractivity contribution in [2.75, 3.05) is 13.1 Å². The van der Waals surface area contributed by atoms with Gasteiger partial charge in [0, 0.05) is 5.54 Å². The summed E-state index contributed by atoms with van der Waals surface area (Å²) >= 11 is 0. The molecule has 0 saturated heterocycles. The standard InChI is InChI=1S/C16H35NO/c1-7-12-14(6)13-15(18)16(8-2,9-3)17(10-4)11-5/h14-15,18H,7-13H2,1-6H3. The van der Waals surface area contributed by atoms with Crippen molar-refractivity contribution in [1.82, 2.24) is 4.90 Å². The normalized spacial score (nSPS) is 16.0. The van der Waals surface area contributed by atoms with E-state index in [1.54, 1.807) is 0 Å². The van der Waals surface area contributed by atoms with Crippen LogP contribution in [0.1, 0.15) is 73.6 Å². The van der Waals surface area contributed by atoms with E-state index < -0.39 is 0 Å². The molecule has 0 aliphatic rings. The van der Waals surface area contributed by atoms with Crippen molar-refractivity contribution in [1.29, 1.82) is 0 Å². The van der Waals surface area contributed by atoms with Crippen molar-refractivity contribution < 1.29 is 5.11 Å². The van der Waals surface area contributed by atoms with E-state index in [4.69, 9.17) is 0 Å². The second-order valence-corrected chi connectivity index (χ2v) is 5.63. The van der Waals surface area contributed by atoms with Gasteiger partial charge in [-0.2, -0.15) is 0 Å². The first-order valence-corrected chi connectivity index (χ1v) is 7.95. The van der Waals surface area contributed by atoms with Crippen LogP contribution in [0.15, 0.2) is 0 Å². The zero-order valence-electron chi connectivity index (χ0n) is 13.5. The van der Waals surface area contributed by atoms with Crippen LogP contribution in [-0.2, 0) is 0 Å². The van der Waals surface area contributed by atoms with Crippen LogP contribution < -0.4 is 0 Å². The third kappa shape index (κ3) is 4.24. The molecular formula is C16H35NO. The Kier molecular flexibility index (Phi) is 8.89. The molecule has 2 atom stereocenters. The minimum atomic E-state index is -0.200. The highest BCUT2D eigenvalue weighted by Crippen LogP contribution is 2.32. The topological polar surface area (TPSA) is 23.5 Å². The maximum Gasteiger partial charge on any atom is 0.0726 e. The highest BCUT2D eigenvalue weighted by Gasteiger charge is 2.39. The zero-order chi connectivity index (χ0) is 14.2. The average Bonchev–Trinajstić information content (AvgIpc) is 2.36. The summed E-state index contributed by atoms with van der Waals surface area (Å²) in [6.45, 7) is 15.4. The van der Waals surface area contributed by atoms with Gasteiger partial charge in [-0.1, -0.05) is 54.4 Å². The monoisotopic (exact) mass is 257 g/mol. The molecule has 0 radical (unpaired) electrons. The van der Waals surface area contributed by atoms with Gasteiger partial charge in [0.2, 0.25) is 0 Å². The Morgan fingerprint density at radius 1 is 1.00 bits per heavy atom. The van der Waals surface area contributed by atoms with E-state index in [0.29, 0.717) is 5.92 Å². The minimum absolute atomic E-state index is 0.0223. The molecule has 110 valence electrons. The second kappa shape index (κ2) is 8.92. The van der Waals surface area contributed by atoms with Gasteiger partial charge < -0.3 is 5.11 Å². The number of nitrogens with zero attached hydrogens (tertiary/aromatic N) is 1. The van der Waals surface area contributed by atoms with Crippen molar-refractivity contribution in [3.05, 3.63) is 0 Å². The second-order valence-electron chi connectivity index (χ2n) is 5.63. The molecule has 0 bridgehead atoms. The van der Waals surface area contributed by atoms with Crippen LogP contribution in [0.3, 0.4) is 0 Å². The first kappa shape index (κ1) is 17.9. The van der Waals surface area contributed by atoms with E-state index in [2.05, 4.69) is 46.4 Å². The van der Waals surface area contributed by atoms with Crippen LogP contribution >= 0.6 is 0 Å². The van der Waals surface area contributed by atoms with Gasteiger partial charge in [0.25, 0.3) is 0 Å². The van der Waals surface area contributed by atoms with Crippen LogP contribution in [0, 0.1) is 5.92 Å². The fraction of sp³-hybridized carbons (Fsp3) is 1.00. The molecule has 0 saturated carbocycles. The van der Waals surface area contributed by atoms with Crippen LogP contribution in [0.2, 0.25) is 0 Å². The maximum absolute atomic E-state index is 10.7. The predicted molar refractivity (Wildman–Crippen MR) is 80.9 cm³/mol. The Hall–Kier alpha value is -0.0800. The molecule has 1 N–H and O–H groups in total. The first-order valence-electron chi connectivity index (χ1n) is 7.95. The summed E-state index contributed by atoms with van der Waals surface area (Å²) in [5, 5.41) is 10.7. The number of hydrogen-bond acceptors (Lipinski definition) is 2. The Morgan fingerprint density at radius 3 is 1.83 bits per heavy atom. The lowest BCUT2D eigenvalue weighted by Crippen LogP contribution is -2.56. The summed E-state index contributed by atoms with van der Waals surface area (Å²) in [5.74, 6) is 0.623. The molecule has 2 unspecified atom stereocenters. The highest BCUT2D eigenvalue weighted by molar-refractivity contribution is 4.94. The third-order valence-electron chi connectivity index (χ3n) is 4.65. The Labute approximate surface area is 115 Å². The van der Waals surface area contributed by atoms with Crippen LogP contribution in [0.4, 0.5) is 0 Å². The summed E-state index contributed by atoms with van der Waals surface area (Å²) in [5.41, 5.74) is -0.0223. The summed E-state index contributed by atoms with van der Waals surface area (Å²) in [6, 6.07) is 0. The smallest absolute Gasteiger partial charge is 0.0726 e. The molecule has 0 aliphatic heterocycles. The Morgan fingerprint density at radius 2 is 1.50 bits per heavy atom. The summed E-state index contributed by atoms with van der Waals surface area (Å²) in [7, 11) is 0. The molecule has 2 nitrogen and oxygen atoms in total. The average molecular weight is 257 g/mol. The number of likely N-dealkylation sites (N-methyl/N-ethyl adjacent to an activating group) is 1. The lowest BCUT2D eigenvalue weighted by molar-refractivity contribution is -0.0451. The molecule has 2 heteroatoms. The van der Waals surface area contributed by atoms with E-state index in [-0.39, 0.29) is 11.6 Å². The lowest BCUT2D eigenvalue weighted by Gasteiger charge is -2.46. The van der Waals surface area contributed by atoms with Gasteiger partial charge in [-0.15, -0.1) is 0 Å². The summed E-state index contributed by atoms with van der Waals surface area (Å²) in [6.07, 6.45) is 5.24. The van der Waals surface area contributed by atoms with E-state index in [1.807, 2.05) is 0 Å². The molecule has 0 aromatic heterocycles. The van der Waals surface area contributed by atoms with Crippen LogP contribution in [0.5, 0.6) is 0 Å². The zero-order valence-corrected chi connectivity index (χ0v) is 13.5. The summed E-state index contributed by atoms with van der Waals surface area (Å²) in [4.78, 5) is 2.45. The maximum atomic E-state index is 10.7. The van der Waals surface area contributed by atoms with Gasteiger partial charge >= 0.3 is 0 Å². The molecular weight excluding hydrogens is 222 g/mol. The van der Waals surface area contributed by atoms with E-state index in [9.17, 15) is 5.11 Å². The van der Waals surface area contributed by atoms with E-state index in [1.165, 1.54) is 12.8 Å². The third-order valence-corrected chi connectivity index (χ3v) is 4.65. The highest BCUT2D eigenvalue weighted by atomic mass is 16.3.